The van der Waals surface area contributed by atoms with Gasteiger partial charge in [0, 0.05) is 19.6 Å². The van der Waals surface area contributed by atoms with Gasteiger partial charge in [0.1, 0.15) is 12.4 Å². The highest BCUT2D eigenvalue weighted by molar-refractivity contribution is 5.76. The number of hydrogen-bond acceptors (Lipinski definition) is 4. The molecule has 13 heavy (non-hydrogen) atoms. The van der Waals surface area contributed by atoms with E-state index in [1.165, 1.54) is 7.11 Å². The predicted molar refractivity (Wildman–Crippen MR) is 43.9 cm³/mol. The molecule has 3 atom stereocenters. The average Bonchev–Trinajstić information content (AvgIpc) is 2.61. The molecule has 3 unspecified atom stereocenters. The van der Waals surface area contributed by atoms with Crippen LogP contribution in [0.25, 0.3) is 0 Å². The number of aldehydes is 1. The molecule has 1 aliphatic carbocycles. The first-order chi connectivity index (χ1) is 6.18. The van der Waals surface area contributed by atoms with Gasteiger partial charge in [0.05, 0.1) is 6.10 Å². The summed E-state index contributed by atoms with van der Waals surface area (Å²) in [5.74, 6) is -0.988. The predicted octanol–water partition coefficient (Wildman–Crippen LogP) is 0.619. The molecule has 2 aliphatic rings. The quantitative estimate of drug-likeness (QED) is 0.590. The molecule has 0 spiro atoms. The van der Waals surface area contributed by atoms with Crippen molar-refractivity contribution >= 4 is 6.29 Å². The molecule has 0 aromatic rings. The van der Waals surface area contributed by atoms with Crippen molar-refractivity contribution in [2.45, 2.75) is 31.5 Å². The van der Waals surface area contributed by atoms with Crippen molar-refractivity contribution in [3.63, 3.8) is 0 Å². The Morgan fingerprint density at radius 3 is 3.08 bits per heavy atom. The summed E-state index contributed by atoms with van der Waals surface area (Å²) in [4.78, 5) is 10.6. The Morgan fingerprint density at radius 2 is 2.46 bits per heavy atom. The van der Waals surface area contributed by atoms with E-state index in [4.69, 9.17) is 14.2 Å². The van der Waals surface area contributed by atoms with Crippen molar-refractivity contribution in [2.75, 3.05) is 7.11 Å². The van der Waals surface area contributed by atoms with Crippen molar-refractivity contribution in [1.82, 2.24) is 0 Å². The van der Waals surface area contributed by atoms with E-state index in [9.17, 15) is 4.79 Å². The first-order valence-corrected chi connectivity index (χ1v) is 4.24. The minimum absolute atomic E-state index is 0.0647. The smallest absolute Gasteiger partial charge is 0.280 e. The van der Waals surface area contributed by atoms with Gasteiger partial charge in [-0.1, -0.05) is 6.08 Å². The van der Waals surface area contributed by atoms with Crippen LogP contribution in [0, 0.1) is 0 Å². The second kappa shape index (κ2) is 2.90. The van der Waals surface area contributed by atoms with Gasteiger partial charge in [0.25, 0.3) is 5.97 Å². The molecule has 1 aliphatic heterocycles. The Balaban J connectivity index is 2.14. The zero-order valence-electron chi connectivity index (χ0n) is 7.65. The van der Waals surface area contributed by atoms with E-state index in [1.54, 1.807) is 6.92 Å². The van der Waals surface area contributed by atoms with Gasteiger partial charge >= 0.3 is 0 Å². The number of fused-ring (bicyclic) bond motifs is 1. The van der Waals surface area contributed by atoms with Gasteiger partial charge in [-0.2, -0.15) is 0 Å². The molecule has 0 bridgehead atoms. The van der Waals surface area contributed by atoms with Gasteiger partial charge in [0.15, 0.2) is 0 Å². The van der Waals surface area contributed by atoms with Gasteiger partial charge < -0.3 is 14.2 Å². The maximum Gasteiger partial charge on any atom is 0.280 e. The van der Waals surface area contributed by atoms with E-state index in [0.717, 1.165) is 12.7 Å². The molecule has 1 heterocycles. The summed E-state index contributed by atoms with van der Waals surface area (Å²) in [6.07, 6.45) is 3.07. The maximum absolute atomic E-state index is 10.6. The third-order valence-corrected chi connectivity index (χ3v) is 2.47. The Morgan fingerprint density at radius 1 is 1.69 bits per heavy atom. The summed E-state index contributed by atoms with van der Waals surface area (Å²) in [5, 5.41) is 0. The molecule has 0 amide bonds. The number of carbonyl (C=O) groups excluding carboxylic acids is 1. The van der Waals surface area contributed by atoms with Crippen LogP contribution in [0.1, 0.15) is 13.3 Å². The first-order valence-electron chi connectivity index (χ1n) is 4.24. The zero-order valence-corrected chi connectivity index (χ0v) is 7.65. The van der Waals surface area contributed by atoms with Gasteiger partial charge in [0.2, 0.25) is 0 Å². The van der Waals surface area contributed by atoms with Crippen molar-refractivity contribution in [3.8, 4) is 0 Å². The third kappa shape index (κ3) is 1.31. The van der Waals surface area contributed by atoms with Crippen LogP contribution < -0.4 is 0 Å². The summed E-state index contributed by atoms with van der Waals surface area (Å²) < 4.78 is 16.0. The summed E-state index contributed by atoms with van der Waals surface area (Å²) in [7, 11) is 1.52. The number of ether oxygens (including phenoxy) is 3. The van der Waals surface area contributed by atoms with Gasteiger partial charge in [-0.3, -0.25) is 4.79 Å². The molecule has 1 saturated heterocycles. The van der Waals surface area contributed by atoms with Crippen LogP contribution in [0.3, 0.4) is 0 Å². The molecule has 1 fully saturated rings. The SMILES string of the molecule is COC1(C)OC2CC=C(C=O)C2O1. The zero-order chi connectivity index (χ0) is 9.47. The van der Waals surface area contributed by atoms with Crippen LogP contribution in [0.4, 0.5) is 0 Å². The lowest BCUT2D eigenvalue weighted by Crippen LogP contribution is -2.29. The lowest BCUT2D eigenvalue weighted by Gasteiger charge is -2.21. The van der Waals surface area contributed by atoms with Gasteiger partial charge in [-0.05, 0) is 6.42 Å². The third-order valence-electron chi connectivity index (χ3n) is 2.47. The van der Waals surface area contributed by atoms with Crippen LogP contribution in [-0.2, 0) is 19.0 Å². The largest absolute Gasteiger partial charge is 0.331 e. The Kier molecular flexibility index (Phi) is 1.98. The molecule has 0 aromatic heterocycles. The molecule has 72 valence electrons. The number of hydrogen-bond donors (Lipinski definition) is 0. The van der Waals surface area contributed by atoms with E-state index in [2.05, 4.69) is 0 Å². The molecule has 2 rings (SSSR count). The summed E-state index contributed by atoms with van der Waals surface area (Å²) >= 11 is 0. The van der Waals surface area contributed by atoms with Crippen molar-refractivity contribution in [2.24, 2.45) is 0 Å². The molecular weight excluding hydrogens is 172 g/mol. The number of methoxy groups -OCH3 is 1. The van der Waals surface area contributed by atoms with Gasteiger partial charge in [-0.25, -0.2) is 0 Å². The summed E-state index contributed by atoms with van der Waals surface area (Å²) in [5.41, 5.74) is 0.658. The normalized spacial score (nSPS) is 43.1. The van der Waals surface area contributed by atoms with Crippen molar-refractivity contribution < 1.29 is 19.0 Å². The highest BCUT2D eigenvalue weighted by Gasteiger charge is 2.48. The second-order valence-corrected chi connectivity index (χ2v) is 3.32. The highest BCUT2D eigenvalue weighted by atomic mass is 16.9. The molecule has 0 N–H and O–H groups in total. The van der Waals surface area contributed by atoms with Crippen LogP contribution in [-0.4, -0.2) is 31.6 Å². The minimum Gasteiger partial charge on any atom is -0.331 e. The molecule has 4 heteroatoms. The number of carbonyl (C=O) groups is 1. The lowest BCUT2D eigenvalue weighted by atomic mass is 10.2. The first kappa shape index (κ1) is 8.87. The Labute approximate surface area is 76.5 Å². The maximum atomic E-state index is 10.6. The molecule has 4 nitrogen and oxygen atoms in total. The lowest BCUT2D eigenvalue weighted by molar-refractivity contribution is -0.317. The van der Waals surface area contributed by atoms with Crippen LogP contribution in [0.5, 0.6) is 0 Å². The molecule has 0 radical (unpaired) electrons. The van der Waals surface area contributed by atoms with E-state index < -0.39 is 5.97 Å². The Hall–Kier alpha value is -0.710. The van der Waals surface area contributed by atoms with Crippen LogP contribution >= 0.6 is 0 Å². The van der Waals surface area contributed by atoms with Gasteiger partial charge in [-0.15, -0.1) is 0 Å². The fourth-order valence-corrected chi connectivity index (χ4v) is 1.71. The topological polar surface area (TPSA) is 44.8 Å². The van der Waals surface area contributed by atoms with Crippen molar-refractivity contribution in [3.05, 3.63) is 11.6 Å². The van der Waals surface area contributed by atoms with E-state index in [-0.39, 0.29) is 12.2 Å². The molecule has 0 saturated carbocycles. The highest BCUT2D eigenvalue weighted by Crippen LogP contribution is 2.37. The fourth-order valence-electron chi connectivity index (χ4n) is 1.71. The second-order valence-electron chi connectivity index (χ2n) is 3.32. The van der Waals surface area contributed by atoms with Crippen LogP contribution in [0.15, 0.2) is 11.6 Å². The number of rotatable bonds is 2. The Bertz CT molecular complexity index is 260. The van der Waals surface area contributed by atoms with E-state index in [0.29, 0.717) is 5.57 Å². The standard InChI is InChI=1S/C9H12O4/c1-9(11-2)12-7-4-3-6(5-10)8(7)13-9/h3,5,7-8H,4H2,1-2H3. The van der Waals surface area contributed by atoms with Crippen LogP contribution in [0.2, 0.25) is 0 Å². The summed E-state index contributed by atoms with van der Waals surface area (Å²) in [6, 6.07) is 0. The van der Waals surface area contributed by atoms with E-state index >= 15 is 0 Å². The minimum atomic E-state index is -0.988. The monoisotopic (exact) mass is 184 g/mol. The fraction of sp³-hybridized carbons (Fsp3) is 0.667. The summed E-state index contributed by atoms with van der Waals surface area (Å²) in [6.45, 7) is 1.70. The van der Waals surface area contributed by atoms with E-state index in [1.807, 2.05) is 6.08 Å². The molecular formula is C9H12O4. The molecule has 0 aromatic carbocycles. The average molecular weight is 184 g/mol. The van der Waals surface area contributed by atoms with Crippen molar-refractivity contribution in [1.29, 1.82) is 0 Å².